The van der Waals surface area contributed by atoms with Crippen LogP contribution in [0.15, 0.2) is 18.2 Å². The molecule has 0 aromatic heterocycles. The fourth-order valence-electron chi connectivity index (χ4n) is 2.45. The molecule has 1 aromatic rings. The van der Waals surface area contributed by atoms with Crippen LogP contribution in [0.2, 0.25) is 0 Å². The minimum Gasteiger partial charge on any atom is -0.454 e. The van der Waals surface area contributed by atoms with E-state index >= 15 is 0 Å². The third-order valence-electron chi connectivity index (χ3n) is 3.62. The molecular weight excluding hydrogens is 252 g/mol. The molecule has 1 aliphatic rings. The van der Waals surface area contributed by atoms with E-state index in [1.54, 1.807) is 0 Å². The fourth-order valence-corrected chi connectivity index (χ4v) is 2.45. The topological polar surface area (TPSA) is 33.7 Å². The lowest BCUT2D eigenvalue weighted by molar-refractivity contribution is 0.174. The van der Waals surface area contributed by atoms with Crippen molar-refractivity contribution in [3.8, 4) is 11.5 Å². The van der Waals surface area contributed by atoms with Crippen molar-refractivity contribution >= 4 is 0 Å². The first-order valence-corrected chi connectivity index (χ1v) is 7.32. The second kappa shape index (κ2) is 6.95. The van der Waals surface area contributed by atoms with Gasteiger partial charge in [-0.15, -0.1) is 0 Å². The van der Waals surface area contributed by atoms with Crippen molar-refractivity contribution in [3.63, 3.8) is 0 Å². The van der Waals surface area contributed by atoms with E-state index in [4.69, 9.17) is 9.47 Å². The number of nitrogens with one attached hydrogen (secondary N) is 1. The van der Waals surface area contributed by atoms with E-state index in [9.17, 15) is 0 Å². The Hall–Kier alpha value is -1.26. The highest BCUT2D eigenvalue weighted by Gasteiger charge is 2.14. The highest BCUT2D eigenvalue weighted by molar-refractivity contribution is 5.44. The van der Waals surface area contributed by atoms with Gasteiger partial charge in [0, 0.05) is 19.1 Å². The average Bonchev–Trinajstić information content (AvgIpc) is 2.84. The van der Waals surface area contributed by atoms with Crippen LogP contribution < -0.4 is 14.8 Å². The van der Waals surface area contributed by atoms with Crippen LogP contribution in [0.1, 0.15) is 25.8 Å². The van der Waals surface area contributed by atoms with Crippen LogP contribution in [0.25, 0.3) is 0 Å². The van der Waals surface area contributed by atoms with Crippen molar-refractivity contribution in [1.82, 2.24) is 10.2 Å². The second-order valence-corrected chi connectivity index (χ2v) is 6.07. The van der Waals surface area contributed by atoms with Gasteiger partial charge >= 0.3 is 0 Å². The van der Waals surface area contributed by atoms with Gasteiger partial charge in [-0.1, -0.05) is 19.9 Å². The molecule has 20 heavy (non-hydrogen) atoms. The SMILES string of the molecule is CC(C)CC(CNCc1ccc2c(c1)OCO2)N(C)C. The Kier molecular flexibility index (Phi) is 5.26. The number of fused-ring (bicyclic) bond motifs is 1. The molecule has 1 atom stereocenters. The van der Waals surface area contributed by atoms with Gasteiger partial charge in [-0.05, 0) is 44.1 Å². The summed E-state index contributed by atoms with van der Waals surface area (Å²) < 4.78 is 10.7. The molecule has 2 rings (SSSR count). The van der Waals surface area contributed by atoms with Crippen molar-refractivity contribution in [1.29, 1.82) is 0 Å². The summed E-state index contributed by atoms with van der Waals surface area (Å²) in [5, 5.41) is 3.54. The maximum Gasteiger partial charge on any atom is 0.231 e. The Balaban J connectivity index is 1.82. The Morgan fingerprint density at radius 2 is 1.95 bits per heavy atom. The third kappa shape index (κ3) is 4.12. The zero-order valence-electron chi connectivity index (χ0n) is 13.0. The van der Waals surface area contributed by atoms with Crippen LogP contribution in [-0.2, 0) is 6.54 Å². The number of rotatable bonds is 7. The molecule has 1 aromatic carbocycles. The van der Waals surface area contributed by atoms with E-state index in [0.29, 0.717) is 12.8 Å². The van der Waals surface area contributed by atoms with Crippen molar-refractivity contribution < 1.29 is 9.47 Å². The molecule has 0 spiro atoms. The number of ether oxygens (including phenoxy) is 2. The van der Waals surface area contributed by atoms with E-state index in [-0.39, 0.29) is 0 Å². The predicted molar refractivity (Wildman–Crippen MR) is 81.2 cm³/mol. The van der Waals surface area contributed by atoms with Gasteiger partial charge < -0.3 is 19.7 Å². The Morgan fingerprint density at radius 1 is 1.20 bits per heavy atom. The largest absolute Gasteiger partial charge is 0.454 e. The van der Waals surface area contributed by atoms with Gasteiger partial charge in [0.05, 0.1) is 0 Å². The number of hydrogen-bond acceptors (Lipinski definition) is 4. The van der Waals surface area contributed by atoms with Crippen LogP contribution in [0.5, 0.6) is 11.5 Å². The molecule has 0 saturated heterocycles. The van der Waals surface area contributed by atoms with Crippen molar-refractivity contribution in [2.45, 2.75) is 32.9 Å². The summed E-state index contributed by atoms with van der Waals surface area (Å²) in [5.74, 6) is 2.42. The molecule has 1 unspecified atom stereocenters. The number of nitrogens with zero attached hydrogens (tertiary/aromatic N) is 1. The highest BCUT2D eigenvalue weighted by atomic mass is 16.7. The van der Waals surface area contributed by atoms with E-state index in [1.165, 1.54) is 12.0 Å². The van der Waals surface area contributed by atoms with Crippen molar-refractivity contribution in [2.75, 3.05) is 27.4 Å². The summed E-state index contributed by atoms with van der Waals surface area (Å²) in [7, 11) is 4.30. The minimum absolute atomic E-state index is 0.337. The van der Waals surface area contributed by atoms with E-state index < -0.39 is 0 Å². The zero-order chi connectivity index (χ0) is 14.5. The fraction of sp³-hybridized carbons (Fsp3) is 0.625. The lowest BCUT2D eigenvalue weighted by Crippen LogP contribution is -2.38. The van der Waals surface area contributed by atoms with Gasteiger partial charge in [-0.3, -0.25) is 0 Å². The first-order valence-electron chi connectivity index (χ1n) is 7.32. The van der Waals surface area contributed by atoms with E-state index in [2.05, 4.69) is 50.3 Å². The average molecular weight is 278 g/mol. The van der Waals surface area contributed by atoms with Gasteiger partial charge in [0.25, 0.3) is 0 Å². The van der Waals surface area contributed by atoms with Gasteiger partial charge in [0.2, 0.25) is 6.79 Å². The molecule has 0 fully saturated rings. The molecule has 112 valence electrons. The summed E-state index contributed by atoms with van der Waals surface area (Å²) in [6, 6.07) is 6.71. The zero-order valence-corrected chi connectivity index (χ0v) is 13.0. The molecule has 1 heterocycles. The monoisotopic (exact) mass is 278 g/mol. The molecule has 4 nitrogen and oxygen atoms in total. The molecule has 4 heteroatoms. The van der Waals surface area contributed by atoms with E-state index in [1.807, 2.05) is 6.07 Å². The minimum atomic E-state index is 0.337. The highest BCUT2D eigenvalue weighted by Crippen LogP contribution is 2.32. The standard InChI is InChI=1S/C16H26N2O2/c1-12(2)7-14(18(3)4)10-17-9-13-5-6-15-16(8-13)20-11-19-15/h5-6,8,12,14,17H,7,9-11H2,1-4H3. The lowest BCUT2D eigenvalue weighted by Gasteiger charge is -2.26. The molecule has 0 bridgehead atoms. The lowest BCUT2D eigenvalue weighted by atomic mass is 10.0. The summed E-state index contributed by atoms with van der Waals surface area (Å²) >= 11 is 0. The smallest absolute Gasteiger partial charge is 0.231 e. The number of benzene rings is 1. The van der Waals surface area contributed by atoms with Crippen LogP contribution in [-0.4, -0.2) is 38.4 Å². The molecule has 1 aliphatic heterocycles. The van der Waals surface area contributed by atoms with E-state index in [0.717, 1.165) is 30.5 Å². The van der Waals surface area contributed by atoms with Gasteiger partial charge in [0.1, 0.15) is 0 Å². The molecule has 1 N–H and O–H groups in total. The third-order valence-corrected chi connectivity index (χ3v) is 3.62. The van der Waals surface area contributed by atoms with Crippen LogP contribution in [0.3, 0.4) is 0 Å². The van der Waals surface area contributed by atoms with Crippen LogP contribution in [0, 0.1) is 5.92 Å². The molecule has 0 aliphatic carbocycles. The second-order valence-electron chi connectivity index (χ2n) is 6.07. The normalized spacial score (nSPS) is 15.1. The molecule has 0 amide bonds. The van der Waals surface area contributed by atoms with Crippen LogP contribution >= 0.6 is 0 Å². The van der Waals surface area contributed by atoms with Gasteiger partial charge in [0.15, 0.2) is 11.5 Å². The number of likely N-dealkylation sites (N-methyl/N-ethyl adjacent to an activating group) is 1. The molecular formula is C16H26N2O2. The Labute approximate surface area is 122 Å². The predicted octanol–water partition coefficient (Wildman–Crippen LogP) is 2.48. The summed E-state index contributed by atoms with van der Waals surface area (Å²) in [6.45, 7) is 6.74. The van der Waals surface area contributed by atoms with Crippen molar-refractivity contribution in [3.05, 3.63) is 23.8 Å². The Bertz CT molecular complexity index is 432. The maximum absolute atomic E-state index is 5.40. The van der Waals surface area contributed by atoms with Crippen LogP contribution in [0.4, 0.5) is 0 Å². The van der Waals surface area contributed by atoms with Crippen molar-refractivity contribution in [2.24, 2.45) is 5.92 Å². The molecule has 0 saturated carbocycles. The van der Waals surface area contributed by atoms with Gasteiger partial charge in [-0.25, -0.2) is 0 Å². The van der Waals surface area contributed by atoms with Gasteiger partial charge in [-0.2, -0.15) is 0 Å². The Morgan fingerprint density at radius 3 is 2.65 bits per heavy atom. The maximum atomic E-state index is 5.40. The first kappa shape index (κ1) is 15.1. The molecule has 0 radical (unpaired) electrons. The summed E-state index contributed by atoms with van der Waals surface area (Å²) in [6.07, 6.45) is 1.21. The summed E-state index contributed by atoms with van der Waals surface area (Å²) in [5.41, 5.74) is 1.23. The summed E-state index contributed by atoms with van der Waals surface area (Å²) in [4.78, 5) is 2.30. The number of hydrogen-bond donors (Lipinski definition) is 1. The first-order chi connectivity index (χ1) is 9.56. The quantitative estimate of drug-likeness (QED) is 0.831.